The first-order chi connectivity index (χ1) is 20.2. The molecule has 2 aliphatic rings. The molecule has 0 aliphatic carbocycles. The zero-order valence-electron chi connectivity index (χ0n) is 22.6. The number of nitrogen functional groups attached to an aromatic ring is 1. The molecule has 12 heteroatoms. The van der Waals surface area contributed by atoms with Crippen molar-refractivity contribution in [2.45, 2.75) is 30.8 Å². The van der Waals surface area contributed by atoms with Crippen molar-refractivity contribution in [3.63, 3.8) is 0 Å². The van der Waals surface area contributed by atoms with Crippen LogP contribution in [0.2, 0.25) is 0 Å². The first kappa shape index (κ1) is 29.2. The van der Waals surface area contributed by atoms with E-state index in [0.717, 1.165) is 37.3 Å². The summed E-state index contributed by atoms with van der Waals surface area (Å²) in [4.78, 5) is 31.4. The average molecular weight is 581 g/mol. The van der Waals surface area contributed by atoms with Gasteiger partial charge in [-0.15, -0.1) is 0 Å². The molecule has 2 aromatic carbocycles. The molecular weight excluding hydrogens is 549 g/mol. The molecule has 0 spiro atoms. The number of carbonyl (C=O) groups excluding carboxylic acids is 2. The maximum Gasteiger partial charge on any atom is 0.433 e. The van der Waals surface area contributed by atoms with Crippen molar-refractivity contribution in [1.82, 2.24) is 15.2 Å². The first-order valence-corrected chi connectivity index (χ1v) is 13.5. The van der Waals surface area contributed by atoms with E-state index >= 15 is 0 Å². The fourth-order valence-electron chi connectivity index (χ4n) is 5.07. The number of hydrogen-bond donors (Lipinski definition) is 4. The lowest BCUT2D eigenvalue weighted by Gasteiger charge is -2.27. The van der Waals surface area contributed by atoms with E-state index in [4.69, 9.17) is 10.5 Å². The van der Waals surface area contributed by atoms with E-state index in [1.807, 2.05) is 0 Å². The van der Waals surface area contributed by atoms with Crippen molar-refractivity contribution < 1.29 is 27.5 Å². The van der Waals surface area contributed by atoms with Gasteiger partial charge in [0.15, 0.2) is 0 Å². The molecule has 220 valence electrons. The molecule has 1 aromatic heterocycles. The Balaban J connectivity index is 1.25. The molecule has 42 heavy (non-hydrogen) atoms. The fraction of sp³-hybridized carbons (Fsp3) is 0.300. The quantitative estimate of drug-likeness (QED) is 0.211. The smallest absolute Gasteiger partial charge is 0.397 e. The largest absolute Gasteiger partial charge is 0.433 e. The van der Waals surface area contributed by atoms with Crippen LogP contribution < -0.4 is 21.7 Å². The number of halogens is 3. The Bertz CT molecular complexity index is 1430. The molecule has 0 saturated carbocycles. The van der Waals surface area contributed by atoms with Crippen LogP contribution in [0.5, 0.6) is 0 Å². The van der Waals surface area contributed by atoms with Crippen LogP contribution >= 0.6 is 0 Å². The number of aromatic nitrogens is 1. The molecule has 2 bridgehead atoms. The second kappa shape index (κ2) is 12.7. The van der Waals surface area contributed by atoms with Crippen LogP contribution in [0.3, 0.4) is 0 Å². The monoisotopic (exact) mass is 580 g/mol. The number of alkyl halides is 3. The van der Waals surface area contributed by atoms with Gasteiger partial charge in [0.1, 0.15) is 11.7 Å². The molecule has 3 atom stereocenters. The summed E-state index contributed by atoms with van der Waals surface area (Å²) in [6.45, 7) is 2.79. The number of anilines is 3. The molecule has 2 amide bonds. The van der Waals surface area contributed by atoms with Gasteiger partial charge in [0.05, 0.1) is 36.0 Å². The minimum absolute atomic E-state index is 0.151. The summed E-state index contributed by atoms with van der Waals surface area (Å²) in [6, 6.07) is 15.6. The number of ether oxygens (including phenoxy) is 1. The van der Waals surface area contributed by atoms with E-state index in [9.17, 15) is 22.8 Å². The van der Waals surface area contributed by atoms with Crippen molar-refractivity contribution in [1.29, 1.82) is 0 Å². The highest BCUT2D eigenvalue weighted by Gasteiger charge is 2.38. The highest BCUT2D eigenvalue weighted by atomic mass is 19.4. The van der Waals surface area contributed by atoms with Crippen LogP contribution in [-0.2, 0) is 20.5 Å². The Hall–Kier alpha value is -4.26. The van der Waals surface area contributed by atoms with Crippen molar-refractivity contribution in [3.05, 3.63) is 89.8 Å². The maximum absolute atomic E-state index is 13.3. The van der Waals surface area contributed by atoms with E-state index in [-0.39, 0.29) is 17.7 Å². The summed E-state index contributed by atoms with van der Waals surface area (Å²) in [5.41, 5.74) is 7.33. The number of rotatable bonds is 10. The lowest BCUT2D eigenvalue weighted by Crippen LogP contribution is -2.43. The second-order valence-electron chi connectivity index (χ2n) is 10.2. The normalized spacial score (nSPS) is 19.2. The summed E-state index contributed by atoms with van der Waals surface area (Å²) in [6.07, 6.45) is 0.707. The van der Waals surface area contributed by atoms with Gasteiger partial charge in [-0.1, -0.05) is 36.4 Å². The maximum atomic E-state index is 13.3. The standard InChI is InChI=1S/C30H31F3N6O3/c31-30(32,33)26-11-10-21(16-36-26)37-29(41)28(35-13-14-39-17-23-15-22(39)18-42-23)20-8-5-19(6-9-20)7-12-27(40)38-25-4-2-1-3-24(25)34/h1-12,16,22-23,28,35H,13-15,17-18,34H2,(H,37,41)(H,38,40)/b12-7+. The Morgan fingerprint density at radius 1 is 1.10 bits per heavy atom. The predicted octanol–water partition coefficient (Wildman–Crippen LogP) is 4.08. The van der Waals surface area contributed by atoms with Crippen molar-refractivity contribution in [2.75, 3.05) is 42.6 Å². The molecule has 2 aliphatic heterocycles. The van der Waals surface area contributed by atoms with Crippen molar-refractivity contribution in [3.8, 4) is 0 Å². The number of nitrogens with one attached hydrogen (secondary N) is 3. The van der Waals surface area contributed by atoms with Gasteiger partial charge < -0.3 is 26.4 Å². The molecule has 9 nitrogen and oxygen atoms in total. The molecule has 0 radical (unpaired) electrons. The third kappa shape index (κ3) is 7.32. The zero-order valence-corrected chi connectivity index (χ0v) is 22.6. The lowest BCUT2D eigenvalue weighted by molar-refractivity contribution is -0.141. The molecule has 5 N–H and O–H groups in total. The van der Waals surface area contributed by atoms with Crippen molar-refractivity contribution in [2.24, 2.45) is 0 Å². The van der Waals surface area contributed by atoms with E-state index < -0.39 is 23.8 Å². The number of pyridine rings is 1. The minimum Gasteiger partial charge on any atom is -0.397 e. The van der Waals surface area contributed by atoms with E-state index in [2.05, 4.69) is 25.8 Å². The molecule has 3 unspecified atom stereocenters. The Labute approximate surface area is 240 Å². The predicted molar refractivity (Wildman–Crippen MR) is 153 cm³/mol. The average Bonchev–Trinajstić information content (AvgIpc) is 3.59. The van der Waals surface area contributed by atoms with Gasteiger partial charge in [-0.25, -0.2) is 4.98 Å². The molecule has 3 heterocycles. The van der Waals surface area contributed by atoms with Gasteiger partial charge in [-0.05, 0) is 47.9 Å². The number of para-hydroxylation sites is 2. The number of hydrogen-bond acceptors (Lipinski definition) is 7. The van der Waals surface area contributed by atoms with E-state index in [0.29, 0.717) is 36.1 Å². The van der Waals surface area contributed by atoms with Crippen LogP contribution in [-0.4, -0.2) is 60.1 Å². The SMILES string of the molecule is Nc1ccccc1NC(=O)/C=C/c1ccc(C(NCCN2CC3CC2CO3)C(=O)Nc2ccc(C(F)(F)F)nc2)cc1. The summed E-state index contributed by atoms with van der Waals surface area (Å²) >= 11 is 0. The number of nitrogens with two attached hydrogens (primary N) is 1. The summed E-state index contributed by atoms with van der Waals surface area (Å²) < 4.78 is 44.3. The molecule has 5 rings (SSSR count). The molecule has 2 saturated heterocycles. The topological polar surface area (TPSA) is 122 Å². The number of benzene rings is 2. The number of fused-ring (bicyclic) bond motifs is 2. The van der Waals surface area contributed by atoms with Crippen LogP contribution in [0.1, 0.15) is 29.3 Å². The van der Waals surface area contributed by atoms with E-state index in [1.165, 1.54) is 12.1 Å². The van der Waals surface area contributed by atoms with Crippen LogP contribution in [0.4, 0.5) is 30.2 Å². The Morgan fingerprint density at radius 2 is 1.88 bits per heavy atom. The van der Waals surface area contributed by atoms with Gasteiger partial charge in [0.2, 0.25) is 11.8 Å². The number of morpholine rings is 1. The summed E-state index contributed by atoms with van der Waals surface area (Å²) in [7, 11) is 0. The van der Waals surface area contributed by atoms with Crippen LogP contribution in [0.15, 0.2) is 72.9 Å². The summed E-state index contributed by atoms with van der Waals surface area (Å²) in [5.74, 6) is -0.784. The molecule has 3 aromatic rings. The number of likely N-dealkylation sites (tertiary alicyclic amines) is 1. The van der Waals surface area contributed by atoms with Crippen molar-refractivity contribution >= 4 is 35.0 Å². The number of carbonyl (C=O) groups is 2. The number of nitrogens with zero attached hydrogens (tertiary/aromatic N) is 2. The summed E-state index contributed by atoms with van der Waals surface area (Å²) in [5, 5.41) is 8.68. The Morgan fingerprint density at radius 3 is 2.52 bits per heavy atom. The Kier molecular flexibility index (Phi) is 8.86. The third-order valence-electron chi connectivity index (χ3n) is 7.26. The van der Waals surface area contributed by atoms with Gasteiger partial charge in [0, 0.05) is 31.8 Å². The fourth-order valence-corrected chi connectivity index (χ4v) is 5.07. The third-order valence-corrected chi connectivity index (χ3v) is 7.26. The van der Waals surface area contributed by atoms with E-state index in [1.54, 1.807) is 54.6 Å². The molecule has 2 fully saturated rings. The molecular formula is C30H31F3N6O3. The first-order valence-electron chi connectivity index (χ1n) is 13.5. The van der Waals surface area contributed by atoms with Crippen LogP contribution in [0, 0.1) is 0 Å². The number of amides is 2. The zero-order chi connectivity index (χ0) is 29.7. The minimum atomic E-state index is -4.57. The van der Waals surface area contributed by atoms with Crippen LogP contribution in [0.25, 0.3) is 6.08 Å². The van der Waals surface area contributed by atoms with Gasteiger partial charge in [0.25, 0.3) is 0 Å². The highest BCUT2D eigenvalue weighted by molar-refractivity contribution is 6.03. The lowest BCUT2D eigenvalue weighted by atomic mass is 10.0. The van der Waals surface area contributed by atoms with Gasteiger partial charge in [-0.2, -0.15) is 13.2 Å². The highest BCUT2D eigenvalue weighted by Crippen LogP contribution is 2.29. The second-order valence-corrected chi connectivity index (χ2v) is 10.2. The van der Waals surface area contributed by atoms with Gasteiger partial charge in [-0.3, -0.25) is 14.5 Å². The van der Waals surface area contributed by atoms with Gasteiger partial charge >= 0.3 is 6.18 Å².